The maximum Gasteiger partial charge on any atom is 0.265 e. The molecule has 18 heavy (non-hydrogen) atoms. The topological polar surface area (TPSA) is 31.2 Å². The predicted octanol–water partition coefficient (Wildman–Crippen LogP) is 3.48. The minimum absolute atomic E-state index is 0.00202. The molecule has 0 radical (unpaired) electrons. The van der Waals surface area contributed by atoms with Gasteiger partial charge in [-0.3, -0.25) is 4.79 Å². The van der Waals surface area contributed by atoms with Gasteiger partial charge in [-0.25, -0.2) is 0 Å². The number of alkyl halides is 1. The zero-order valence-electron chi connectivity index (χ0n) is 10.4. The fourth-order valence-electron chi connectivity index (χ4n) is 2.61. The summed E-state index contributed by atoms with van der Waals surface area (Å²) in [6.45, 7) is 0. The van der Waals surface area contributed by atoms with Crippen molar-refractivity contribution in [1.29, 1.82) is 0 Å². The molecule has 1 aromatic rings. The van der Waals surface area contributed by atoms with Gasteiger partial charge in [-0.15, -0.1) is 11.6 Å². The molecule has 0 N–H and O–H groups in total. The van der Waals surface area contributed by atoms with Crippen LogP contribution in [0.25, 0.3) is 0 Å². The van der Waals surface area contributed by atoms with Crippen molar-refractivity contribution >= 4 is 27.5 Å². The largest absolute Gasteiger partial charge is 0.379 e. The van der Waals surface area contributed by atoms with Crippen LogP contribution in [-0.4, -0.2) is 17.8 Å². The third-order valence-corrected chi connectivity index (χ3v) is 4.41. The van der Waals surface area contributed by atoms with Gasteiger partial charge < -0.3 is 9.30 Å². The number of rotatable bonds is 3. The van der Waals surface area contributed by atoms with Crippen molar-refractivity contribution in [3.05, 3.63) is 32.7 Å². The Labute approximate surface area is 120 Å². The molecule has 100 valence electrons. The Hall–Kier alpha value is -0.320. The monoisotopic (exact) mass is 333 g/mol. The van der Waals surface area contributed by atoms with Crippen LogP contribution in [0.2, 0.25) is 0 Å². The van der Waals surface area contributed by atoms with Gasteiger partial charge in [0.15, 0.2) is 0 Å². The zero-order valence-corrected chi connectivity index (χ0v) is 12.7. The Morgan fingerprint density at radius 1 is 1.50 bits per heavy atom. The predicted molar refractivity (Wildman–Crippen MR) is 76.3 cm³/mol. The smallest absolute Gasteiger partial charge is 0.265 e. The Kier molecular flexibility index (Phi) is 4.87. The summed E-state index contributed by atoms with van der Waals surface area (Å²) in [5.74, 6) is 0.406. The standard InChI is InChI=1S/C13H17BrClNO2/c1-18-12-5-3-2-4-11(12)16-8-9(7-15)6-10(14)13(16)17/h6,8,11-12H,2-5,7H2,1H3. The number of pyridine rings is 1. The average Bonchev–Trinajstić information content (AvgIpc) is 2.41. The molecular formula is C13H17BrClNO2. The number of aromatic nitrogens is 1. The maximum absolute atomic E-state index is 12.2. The summed E-state index contributed by atoms with van der Waals surface area (Å²) in [6, 6.07) is 1.91. The molecule has 1 aromatic heterocycles. The number of nitrogens with zero attached hydrogens (tertiary/aromatic N) is 1. The van der Waals surface area contributed by atoms with Crippen LogP contribution in [0.4, 0.5) is 0 Å². The van der Waals surface area contributed by atoms with Crippen LogP contribution in [0.1, 0.15) is 37.3 Å². The van der Waals surface area contributed by atoms with E-state index in [-0.39, 0.29) is 17.7 Å². The second kappa shape index (κ2) is 6.22. The van der Waals surface area contributed by atoms with Gasteiger partial charge in [0.05, 0.1) is 16.6 Å². The molecule has 0 amide bonds. The minimum Gasteiger partial charge on any atom is -0.379 e. The van der Waals surface area contributed by atoms with Gasteiger partial charge in [-0.2, -0.15) is 0 Å². The maximum atomic E-state index is 12.2. The molecule has 0 bridgehead atoms. The summed E-state index contributed by atoms with van der Waals surface area (Å²) in [7, 11) is 1.72. The summed E-state index contributed by atoms with van der Waals surface area (Å²) in [6.07, 6.45) is 6.28. The Morgan fingerprint density at radius 3 is 2.89 bits per heavy atom. The van der Waals surface area contributed by atoms with E-state index in [1.54, 1.807) is 17.7 Å². The zero-order chi connectivity index (χ0) is 13.1. The summed E-state index contributed by atoms with van der Waals surface area (Å²) in [5, 5.41) is 0. The molecule has 2 rings (SSSR count). The second-order valence-electron chi connectivity index (χ2n) is 4.67. The van der Waals surface area contributed by atoms with E-state index in [1.807, 2.05) is 6.20 Å². The highest BCUT2D eigenvalue weighted by Gasteiger charge is 2.27. The fraction of sp³-hybridized carbons (Fsp3) is 0.615. The molecule has 2 unspecified atom stereocenters. The van der Waals surface area contributed by atoms with E-state index in [2.05, 4.69) is 15.9 Å². The van der Waals surface area contributed by atoms with Gasteiger partial charge in [-0.1, -0.05) is 12.8 Å². The lowest BCUT2D eigenvalue weighted by Gasteiger charge is -2.32. The van der Waals surface area contributed by atoms with Crippen molar-refractivity contribution in [3.63, 3.8) is 0 Å². The van der Waals surface area contributed by atoms with Crippen molar-refractivity contribution in [2.45, 2.75) is 43.7 Å². The Morgan fingerprint density at radius 2 is 2.22 bits per heavy atom. The van der Waals surface area contributed by atoms with E-state index in [1.165, 1.54) is 6.42 Å². The molecule has 1 fully saturated rings. The van der Waals surface area contributed by atoms with E-state index in [0.29, 0.717) is 10.4 Å². The second-order valence-corrected chi connectivity index (χ2v) is 5.79. The normalized spacial score (nSPS) is 24.2. The first-order chi connectivity index (χ1) is 8.67. The highest BCUT2D eigenvalue weighted by molar-refractivity contribution is 9.10. The van der Waals surface area contributed by atoms with Crippen LogP contribution < -0.4 is 5.56 Å². The number of ether oxygens (including phenoxy) is 1. The highest BCUT2D eigenvalue weighted by Crippen LogP contribution is 2.30. The quantitative estimate of drug-likeness (QED) is 0.793. The molecule has 3 nitrogen and oxygen atoms in total. The van der Waals surface area contributed by atoms with Crippen molar-refractivity contribution in [2.24, 2.45) is 0 Å². The van der Waals surface area contributed by atoms with Crippen LogP contribution in [0.5, 0.6) is 0 Å². The van der Waals surface area contributed by atoms with E-state index in [0.717, 1.165) is 24.8 Å². The minimum atomic E-state index is -0.00202. The lowest BCUT2D eigenvalue weighted by molar-refractivity contribution is 0.0276. The van der Waals surface area contributed by atoms with Crippen LogP contribution in [0, 0.1) is 0 Å². The van der Waals surface area contributed by atoms with Crippen molar-refractivity contribution in [3.8, 4) is 0 Å². The van der Waals surface area contributed by atoms with Crippen LogP contribution in [0.15, 0.2) is 21.5 Å². The van der Waals surface area contributed by atoms with Crippen molar-refractivity contribution < 1.29 is 4.74 Å². The van der Waals surface area contributed by atoms with Crippen LogP contribution in [0.3, 0.4) is 0 Å². The number of methoxy groups -OCH3 is 1. The SMILES string of the molecule is COC1CCCCC1n1cc(CCl)cc(Br)c1=O. The highest BCUT2D eigenvalue weighted by atomic mass is 79.9. The molecule has 0 aromatic carbocycles. The number of halogens is 2. The van der Waals surface area contributed by atoms with Gasteiger partial charge in [0.25, 0.3) is 5.56 Å². The first-order valence-electron chi connectivity index (χ1n) is 6.16. The molecule has 1 aliphatic rings. The number of hydrogen-bond donors (Lipinski definition) is 0. The van der Waals surface area contributed by atoms with Crippen molar-refractivity contribution in [2.75, 3.05) is 7.11 Å². The molecule has 0 spiro atoms. The van der Waals surface area contributed by atoms with E-state index >= 15 is 0 Å². The molecule has 1 saturated carbocycles. The molecular weight excluding hydrogens is 318 g/mol. The summed E-state index contributed by atoms with van der Waals surface area (Å²) < 4.78 is 7.88. The Bertz CT molecular complexity index is 475. The van der Waals surface area contributed by atoms with Crippen LogP contribution in [-0.2, 0) is 10.6 Å². The first-order valence-corrected chi connectivity index (χ1v) is 7.49. The third-order valence-electron chi connectivity index (χ3n) is 3.54. The molecule has 2 atom stereocenters. The Balaban J connectivity index is 2.42. The first kappa shape index (κ1) is 14.1. The van der Waals surface area contributed by atoms with Gasteiger partial charge in [0, 0.05) is 19.2 Å². The molecule has 1 aliphatic carbocycles. The summed E-state index contributed by atoms with van der Waals surface area (Å²) in [4.78, 5) is 12.2. The van der Waals surface area contributed by atoms with Gasteiger partial charge in [0.1, 0.15) is 0 Å². The number of hydrogen-bond acceptors (Lipinski definition) is 2. The van der Waals surface area contributed by atoms with Crippen LogP contribution >= 0.6 is 27.5 Å². The molecule has 1 heterocycles. The average molecular weight is 335 g/mol. The van der Waals surface area contributed by atoms with Gasteiger partial charge >= 0.3 is 0 Å². The fourth-order valence-corrected chi connectivity index (χ4v) is 3.26. The third kappa shape index (κ3) is 2.81. The molecule has 5 heteroatoms. The van der Waals surface area contributed by atoms with Gasteiger partial charge in [-0.05, 0) is 40.4 Å². The van der Waals surface area contributed by atoms with Gasteiger partial charge in [0.2, 0.25) is 0 Å². The van der Waals surface area contributed by atoms with E-state index in [9.17, 15) is 4.79 Å². The van der Waals surface area contributed by atoms with E-state index in [4.69, 9.17) is 16.3 Å². The van der Waals surface area contributed by atoms with Crippen molar-refractivity contribution in [1.82, 2.24) is 4.57 Å². The van der Waals surface area contributed by atoms with E-state index < -0.39 is 0 Å². The molecule has 0 saturated heterocycles. The summed E-state index contributed by atoms with van der Waals surface area (Å²) >= 11 is 9.18. The lowest BCUT2D eigenvalue weighted by Crippen LogP contribution is -2.36. The lowest BCUT2D eigenvalue weighted by atomic mass is 9.92. The summed E-state index contributed by atoms with van der Waals surface area (Å²) in [5.41, 5.74) is 0.946. The molecule has 0 aliphatic heterocycles.